The van der Waals surface area contributed by atoms with Crippen molar-refractivity contribution in [1.29, 1.82) is 0 Å². The van der Waals surface area contributed by atoms with Crippen molar-refractivity contribution in [2.75, 3.05) is 11.0 Å². The minimum atomic E-state index is 0.833. The van der Waals surface area contributed by atoms with Crippen molar-refractivity contribution in [2.45, 2.75) is 42.2 Å². The van der Waals surface area contributed by atoms with Crippen LogP contribution in [0, 0.1) is 11.8 Å². The Morgan fingerprint density at radius 3 is 2.65 bits per heavy atom. The second kappa shape index (κ2) is 7.27. The highest BCUT2D eigenvalue weighted by molar-refractivity contribution is 14.1. The van der Waals surface area contributed by atoms with Gasteiger partial charge in [0.1, 0.15) is 0 Å². The number of nitrogens with zero attached hydrogens (tertiary/aromatic N) is 1. The average molecular weight is 495 g/mol. The molecule has 1 aliphatic heterocycles. The highest BCUT2D eigenvalue weighted by Crippen LogP contribution is 2.43. The van der Waals surface area contributed by atoms with E-state index in [2.05, 4.69) is 80.4 Å². The van der Waals surface area contributed by atoms with Crippen LogP contribution in [-0.2, 0) is 6.54 Å². The van der Waals surface area contributed by atoms with Crippen molar-refractivity contribution < 1.29 is 0 Å². The first-order chi connectivity index (χ1) is 9.79. The monoisotopic (exact) mass is 495 g/mol. The molecule has 0 N–H and O–H groups in total. The van der Waals surface area contributed by atoms with Crippen LogP contribution in [0.1, 0.15) is 31.2 Å². The first-order valence-corrected chi connectivity index (χ1v) is 10.5. The summed E-state index contributed by atoms with van der Waals surface area (Å²) >= 11 is 5.36. The smallest absolute Gasteiger partial charge is 0.0236 e. The molecule has 1 heterocycles. The molecule has 1 aliphatic carbocycles. The summed E-state index contributed by atoms with van der Waals surface area (Å²) in [5.41, 5.74) is 1.48. The fourth-order valence-corrected chi connectivity index (χ4v) is 6.60. The molecule has 2 fully saturated rings. The quantitative estimate of drug-likeness (QED) is 0.426. The molecule has 0 radical (unpaired) electrons. The molecule has 2 aliphatic rings. The number of piperidine rings is 1. The number of alkyl halides is 2. The van der Waals surface area contributed by atoms with Gasteiger partial charge in [0.05, 0.1) is 0 Å². The van der Waals surface area contributed by atoms with Crippen molar-refractivity contribution in [3.05, 3.63) is 35.9 Å². The van der Waals surface area contributed by atoms with Crippen LogP contribution in [0.3, 0.4) is 0 Å². The predicted molar refractivity (Wildman–Crippen MR) is 103 cm³/mol. The SMILES string of the molecule is IC[C@@H]1CCN(Cc2ccccc2)[C@@H]2CCC[C@H](I)[C@H]12. The van der Waals surface area contributed by atoms with E-state index in [1.807, 2.05) is 0 Å². The lowest BCUT2D eigenvalue weighted by atomic mass is 9.72. The van der Waals surface area contributed by atoms with Gasteiger partial charge in [0, 0.05) is 20.9 Å². The molecule has 0 unspecified atom stereocenters. The fourth-order valence-electron chi connectivity index (χ4n) is 4.07. The number of hydrogen-bond donors (Lipinski definition) is 0. The van der Waals surface area contributed by atoms with Crippen LogP contribution in [0.15, 0.2) is 30.3 Å². The Kier molecular flexibility index (Phi) is 5.65. The minimum absolute atomic E-state index is 0.833. The Morgan fingerprint density at radius 2 is 1.90 bits per heavy atom. The van der Waals surface area contributed by atoms with E-state index in [4.69, 9.17) is 0 Å². The summed E-state index contributed by atoms with van der Waals surface area (Å²) in [6.45, 7) is 2.45. The maximum atomic E-state index is 2.79. The minimum Gasteiger partial charge on any atom is -0.296 e. The maximum absolute atomic E-state index is 2.79. The summed E-state index contributed by atoms with van der Waals surface area (Å²) in [7, 11) is 0. The van der Waals surface area contributed by atoms with Crippen LogP contribution in [0.4, 0.5) is 0 Å². The predicted octanol–water partition coefficient (Wildman–Crippen LogP) is 4.92. The van der Waals surface area contributed by atoms with Gasteiger partial charge in [0.2, 0.25) is 0 Å². The van der Waals surface area contributed by atoms with Crippen molar-refractivity contribution in [2.24, 2.45) is 11.8 Å². The Balaban J connectivity index is 1.75. The summed E-state index contributed by atoms with van der Waals surface area (Å²) in [6.07, 6.45) is 5.68. The summed E-state index contributed by atoms with van der Waals surface area (Å²) in [6, 6.07) is 11.9. The number of fused-ring (bicyclic) bond motifs is 1. The number of benzene rings is 1. The van der Waals surface area contributed by atoms with E-state index >= 15 is 0 Å². The van der Waals surface area contributed by atoms with Gasteiger partial charge >= 0.3 is 0 Å². The number of halogens is 2. The summed E-state index contributed by atoms with van der Waals surface area (Å²) < 4.78 is 2.24. The van der Waals surface area contributed by atoms with E-state index in [9.17, 15) is 0 Å². The molecule has 1 nitrogen and oxygen atoms in total. The van der Waals surface area contributed by atoms with Crippen molar-refractivity contribution >= 4 is 45.2 Å². The molecule has 0 amide bonds. The van der Waals surface area contributed by atoms with E-state index in [1.165, 1.54) is 42.2 Å². The molecule has 0 spiro atoms. The van der Waals surface area contributed by atoms with Crippen molar-refractivity contribution in [3.8, 4) is 0 Å². The van der Waals surface area contributed by atoms with Crippen LogP contribution < -0.4 is 0 Å². The standard InChI is InChI=1S/C17H23I2N/c18-11-14-9-10-20(12-13-5-2-1-3-6-13)16-8-4-7-15(19)17(14)16/h1-3,5-6,14-17H,4,7-12H2/t14-,15-,16+,17-/m0/s1. The summed E-state index contributed by atoms with van der Waals surface area (Å²) in [5.74, 6) is 1.88. The number of likely N-dealkylation sites (tertiary alicyclic amines) is 1. The zero-order valence-electron chi connectivity index (χ0n) is 11.8. The van der Waals surface area contributed by atoms with E-state index in [1.54, 1.807) is 0 Å². The second-order valence-corrected chi connectivity index (χ2v) is 8.73. The molecule has 3 heteroatoms. The average Bonchev–Trinajstić information content (AvgIpc) is 2.49. The van der Waals surface area contributed by atoms with Gasteiger partial charge < -0.3 is 0 Å². The van der Waals surface area contributed by atoms with E-state index in [-0.39, 0.29) is 0 Å². The van der Waals surface area contributed by atoms with Gasteiger partial charge in [0.15, 0.2) is 0 Å². The van der Waals surface area contributed by atoms with Crippen LogP contribution >= 0.6 is 45.2 Å². The topological polar surface area (TPSA) is 3.24 Å². The van der Waals surface area contributed by atoms with E-state index in [0.29, 0.717) is 0 Å². The molecule has 3 rings (SSSR count). The van der Waals surface area contributed by atoms with E-state index in [0.717, 1.165) is 28.3 Å². The summed E-state index contributed by atoms with van der Waals surface area (Å²) in [4.78, 5) is 2.79. The molecule has 0 bridgehead atoms. The third kappa shape index (κ3) is 3.35. The molecule has 20 heavy (non-hydrogen) atoms. The molecule has 4 atom stereocenters. The van der Waals surface area contributed by atoms with Gasteiger partial charge in [-0.15, -0.1) is 0 Å². The normalized spacial score (nSPS) is 34.7. The second-order valence-electron chi connectivity index (χ2n) is 6.25. The zero-order valence-corrected chi connectivity index (χ0v) is 16.2. The van der Waals surface area contributed by atoms with Crippen molar-refractivity contribution in [3.63, 3.8) is 0 Å². The van der Waals surface area contributed by atoms with Crippen LogP contribution in [0.25, 0.3) is 0 Å². The van der Waals surface area contributed by atoms with Gasteiger partial charge in [-0.3, -0.25) is 4.90 Å². The van der Waals surface area contributed by atoms with Gasteiger partial charge in [0.25, 0.3) is 0 Å². The number of hydrogen-bond acceptors (Lipinski definition) is 1. The van der Waals surface area contributed by atoms with Crippen LogP contribution in [0.5, 0.6) is 0 Å². The lowest BCUT2D eigenvalue weighted by molar-refractivity contribution is 0.0295. The fraction of sp³-hybridized carbons (Fsp3) is 0.647. The molecule has 1 saturated carbocycles. The molecular formula is C17H23I2N. The van der Waals surface area contributed by atoms with Gasteiger partial charge in [-0.25, -0.2) is 0 Å². The first kappa shape index (κ1) is 15.5. The Morgan fingerprint density at radius 1 is 1.10 bits per heavy atom. The molecular weight excluding hydrogens is 472 g/mol. The van der Waals surface area contributed by atoms with Crippen molar-refractivity contribution in [1.82, 2.24) is 4.90 Å². The Labute approximate surface area is 150 Å². The molecule has 110 valence electrons. The lowest BCUT2D eigenvalue weighted by Gasteiger charge is -2.50. The molecule has 0 aromatic heterocycles. The van der Waals surface area contributed by atoms with Crippen LogP contribution in [-0.4, -0.2) is 25.8 Å². The molecule has 1 aromatic rings. The zero-order chi connectivity index (χ0) is 13.9. The van der Waals surface area contributed by atoms with Gasteiger partial charge in [-0.05, 0) is 43.2 Å². The van der Waals surface area contributed by atoms with E-state index < -0.39 is 0 Å². The third-order valence-corrected chi connectivity index (χ3v) is 7.65. The van der Waals surface area contributed by atoms with Gasteiger partial charge in [-0.1, -0.05) is 81.9 Å². The molecule has 1 saturated heterocycles. The summed E-state index contributed by atoms with van der Waals surface area (Å²) in [5, 5.41) is 0. The Bertz CT molecular complexity index is 422. The third-order valence-electron chi connectivity index (χ3n) is 5.07. The largest absolute Gasteiger partial charge is 0.296 e. The molecule has 1 aromatic carbocycles. The lowest BCUT2D eigenvalue weighted by Crippen LogP contribution is -2.53. The first-order valence-electron chi connectivity index (χ1n) is 7.77. The highest BCUT2D eigenvalue weighted by Gasteiger charge is 2.42. The van der Waals surface area contributed by atoms with Crippen LogP contribution in [0.2, 0.25) is 0 Å². The maximum Gasteiger partial charge on any atom is 0.0236 e. The van der Waals surface area contributed by atoms with Gasteiger partial charge in [-0.2, -0.15) is 0 Å². The Hall–Kier alpha value is 0.640. The highest BCUT2D eigenvalue weighted by atomic mass is 127. The number of rotatable bonds is 3.